The van der Waals surface area contributed by atoms with Crippen molar-refractivity contribution >= 4 is 16.9 Å². The number of amides is 1. The number of hydrogen-bond donors (Lipinski definition) is 1. The number of likely N-dealkylation sites (tertiary alicyclic amines) is 1. The fourth-order valence-corrected chi connectivity index (χ4v) is 4.28. The average Bonchev–Trinajstić information content (AvgIpc) is 3.37. The highest BCUT2D eigenvalue weighted by atomic mass is 16.2. The molecule has 1 fully saturated rings. The maximum absolute atomic E-state index is 13.0. The molecule has 5 nitrogen and oxygen atoms in total. The molecule has 3 heterocycles. The summed E-state index contributed by atoms with van der Waals surface area (Å²) in [5, 5.41) is 0. The molecule has 0 unspecified atom stereocenters. The average molecular weight is 346 g/mol. The van der Waals surface area contributed by atoms with Gasteiger partial charge in [-0.3, -0.25) is 9.69 Å². The maximum Gasteiger partial charge on any atom is 0.237 e. The van der Waals surface area contributed by atoms with Gasteiger partial charge in [-0.05, 0) is 36.1 Å². The first kappa shape index (κ1) is 15.6. The first-order valence-corrected chi connectivity index (χ1v) is 9.31. The number of rotatable bonds is 3. The second kappa shape index (κ2) is 6.25. The van der Waals surface area contributed by atoms with Gasteiger partial charge in [-0.1, -0.05) is 36.4 Å². The molecule has 2 aromatic carbocycles. The zero-order valence-electron chi connectivity index (χ0n) is 14.7. The van der Waals surface area contributed by atoms with Crippen molar-refractivity contribution in [2.24, 2.45) is 0 Å². The summed E-state index contributed by atoms with van der Waals surface area (Å²) in [5.74, 6) is 1.13. The number of nitrogens with zero attached hydrogens (tertiary/aromatic N) is 3. The van der Waals surface area contributed by atoms with Gasteiger partial charge >= 0.3 is 0 Å². The van der Waals surface area contributed by atoms with Crippen LogP contribution >= 0.6 is 0 Å². The minimum atomic E-state index is 0.0693. The molecule has 132 valence electrons. The van der Waals surface area contributed by atoms with Crippen LogP contribution in [0.4, 0.5) is 0 Å². The van der Waals surface area contributed by atoms with Crippen molar-refractivity contribution in [3.05, 3.63) is 65.5 Å². The van der Waals surface area contributed by atoms with Crippen LogP contribution < -0.4 is 0 Å². The molecule has 1 amide bonds. The molecule has 2 aliphatic heterocycles. The van der Waals surface area contributed by atoms with Crippen molar-refractivity contribution in [3.63, 3.8) is 0 Å². The minimum absolute atomic E-state index is 0.0693. The summed E-state index contributed by atoms with van der Waals surface area (Å²) >= 11 is 0. The highest BCUT2D eigenvalue weighted by molar-refractivity contribution is 5.79. The standard InChI is InChI=1S/C21H22N4O/c26-20(14-24-12-15-6-1-2-7-16(15)13-24)25-11-5-10-19(25)21-22-17-8-3-4-9-18(17)23-21/h1-4,6-9,19H,5,10-14H2,(H,22,23)/t19-/m0/s1. The Morgan fingerprint density at radius 2 is 1.81 bits per heavy atom. The predicted octanol–water partition coefficient (Wildman–Crippen LogP) is 3.24. The minimum Gasteiger partial charge on any atom is -0.340 e. The summed E-state index contributed by atoms with van der Waals surface area (Å²) in [4.78, 5) is 25.4. The van der Waals surface area contributed by atoms with Crippen molar-refractivity contribution in [2.75, 3.05) is 13.1 Å². The summed E-state index contributed by atoms with van der Waals surface area (Å²) in [7, 11) is 0. The number of carbonyl (C=O) groups excluding carboxylic acids is 1. The Labute approximate surface area is 152 Å². The number of aromatic amines is 1. The molecule has 26 heavy (non-hydrogen) atoms. The SMILES string of the molecule is O=C(CN1Cc2ccccc2C1)N1CCC[C@H]1c1nc2ccccc2[nH]1. The van der Waals surface area contributed by atoms with Crippen LogP contribution in [0, 0.1) is 0 Å². The number of aromatic nitrogens is 2. The highest BCUT2D eigenvalue weighted by Crippen LogP contribution is 2.32. The summed E-state index contributed by atoms with van der Waals surface area (Å²) in [5.41, 5.74) is 4.69. The van der Waals surface area contributed by atoms with Crippen molar-refractivity contribution in [1.82, 2.24) is 19.8 Å². The third kappa shape index (κ3) is 2.69. The molecule has 0 saturated carbocycles. The Bertz CT molecular complexity index is 905. The lowest BCUT2D eigenvalue weighted by Gasteiger charge is -2.25. The van der Waals surface area contributed by atoms with Crippen LogP contribution in [-0.4, -0.2) is 38.8 Å². The second-order valence-corrected chi connectivity index (χ2v) is 7.30. The third-order valence-electron chi connectivity index (χ3n) is 5.56. The Kier molecular flexibility index (Phi) is 3.75. The first-order chi connectivity index (χ1) is 12.8. The van der Waals surface area contributed by atoms with Crippen LogP contribution in [0.2, 0.25) is 0 Å². The monoisotopic (exact) mass is 346 g/mol. The summed E-state index contributed by atoms with van der Waals surface area (Å²) in [6.45, 7) is 3.03. The normalized spacial score (nSPS) is 20.0. The number of nitrogens with one attached hydrogen (secondary N) is 1. The first-order valence-electron chi connectivity index (χ1n) is 9.31. The van der Waals surface area contributed by atoms with Gasteiger partial charge in [0.15, 0.2) is 0 Å². The molecular formula is C21H22N4O. The van der Waals surface area contributed by atoms with E-state index < -0.39 is 0 Å². The van der Waals surface area contributed by atoms with Crippen LogP contribution in [0.1, 0.15) is 35.8 Å². The van der Waals surface area contributed by atoms with Crippen LogP contribution in [0.15, 0.2) is 48.5 Å². The van der Waals surface area contributed by atoms with Crippen LogP contribution in [0.3, 0.4) is 0 Å². The topological polar surface area (TPSA) is 52.2 Å². The van der Waals surface area contributed by atoms with Gasteiger partial charge in [0.1, 0.15) is 5.82 Å². The van der Waals surface area contributed by atoms with E-state index in [2.05, 4.69) is 34.1 Å². The van der Waals surface area contributed by atoms with Gasteiger partial charge in [-0.2, -0.15) is 0 Å². The molecule has 0 spiro atoms. The number of benzene rings is 2. The van der Waals surface area contributed by atoms with E-state index in [0.717, 1.165) is 49.3 Å². The van der Waals surface area contributed by atoms with E-state index in [1.807, 2.05) is 29.2 Å². The van der Waals surface area contributed by atoms with E-state index in [9.17, 15) is 4.79 Å². The van der Waals surface area contributed by atoms with Gasteiger partial charge in [0.25, 0.3) is 0 Å². The van der Waals surface area contributed by atoms with E-state index in [0.29, 0.717) is 6.54 Å². The summed E-state index contributed by atoms with van der Waals surface area (Å²) in [6, 6.07) is 16.6. The predicted molar refractivity (Wildman–Crippen MR) is 100 cm³/mol. The lowest BCUT2D eigenvalue weighted by Crippen LogP contribution is -2.38. The summed E-state index contributed by atoms with van der Waals surface area (Å²) < 4.78 is 0. The zero-order chi connectivity index (χ0) is 17.5. The molecular weight excluding hydrogens is 324 g/mol. The van der Waals surface area contributed by atoms with E-state index >= 15 is 0 Å². The fraction of sp³-hybridized carbons (Fsp3) is 0.333. The molecule has 0 radical (unpaired) electrons. The zero-order valence-corrected chi connectivity index (χ0v) is 14.7. The largest absolute Gasteiger partial charge is 0.340 e. The molecule has 2 aliphatic rings. The van der Waals surface area contributed by atoms with Gasteiger partial charge in [-0.25, -0.2) is 4.98 Å². The summed E-state index contributed by atoms with van der Waals surface area (Å²) in [6.07, 6.45) is 2.01. The molecule has 1 atom stereocenters. The number of carbonyl (C=O) groups is 1. The molecule has 3 aromatic rings. The maximum atomic E-state index is 13.0. The van der Waals surface area contributed by atoms with Crippen molar-refractivity contribution in [3.8, 4) is 0 Å². The molecule has 1 N–H and O–H groups in total. The van der Waals surface area contributed by atoms with E-state index in [4.69, 9.17) is 4.98 Å². The molecule has 1 saturated heterocycles. The fourth-order valence-electron chi connectivity index (χ4n) is 4.28. The Morgan fingerprint density at radius 1 is 1.08 bits per heavy atom. The Balaban J connectivity index is 1.32. The number of hydrogen-bond acceptors (Lipinski definition) is 3. The van der Waals surface area contributed by atoms with E-state index in [-0.39, 0.29) is 11.9 Å². The lowest BCUT2D eigenvalue weighted by molar-refractivity contribution is -0.133. The number of H-pyrrole nitrogens is 1. The Hall–Kier alpha value is -2.66. The van der Waals surface area contributed by atoms with Crippen LogP contribution in [0.5, 0.6) is 0 Å². The number of fused-ring (bicyclic) bond motifs is 2. The molecule has 0 aliphatic carbocycles. The molecule has 1 aromatic heterocycles. The van der Waals surface area contributed by atoms with Gasteiger partial charge in [0.05, 0.1) is 23.6 Å². The van der Waals surface area contributed by atoms with Gasteiger partial charge in [0.2, 0.25) is 5.91 Å². The van der Waals surface area contributed by atoms with Crippen molar-refractivity contribution in [2.45, 2.75) is 32.0 Å². The molecule has 0 bridgehead atoms. The number of imidazole rings is 1. The van der Waals surface area contributed by atoms with Crippen molar-refractivity contribution in [1.29, 1.82) is 0 Å². The molecule has 5 rings (SSSR count). The third-order valence-corrected chi connectivity index (χ3v) is 5.56. The van der Waals surface area contributed by atoms with E-state index in [1.54, 1.807) is 0 Å². The molecule has 5 heteroatoms. The number of para-hydroxylation sites is 2. The smallest absolute Gasteiger partial charge is 0.237 e. The Morgan fingerprint density at radius 3 is 2.58 bits per heavy atom. The lowest BCUT2D eigenvalue weighted by atomic mass is 10.1. The van der Waals surface area contributed by atoms with Gasteiger partial charge in [0, 0.05) is 19.6 Å². The second-order valence-electron chi connectivity index (χ2n) is 7.30. The van der Waals surface area contributed by atoms with Crippen LogP contribution in [-0.2, 0) is 17.9 Å². The van der Waals surface area contributed by atoms with Gasteiger partial charge in [-0.15, -0.1) is 0 Å². The van der Waals surface area contributed by atoms with Crippen molar-refractivity contribution < 1.29 is 4.79 Å². The quantitative estimate of drug-likeness (QED) is 0.792. The highest BCUT2D eigenvalue weighted by Gasteiger charge is 2.33. The van der Waals surface area contributed by atoms with E-state index in [1.165, 1.54) is 11.1 Å². The van der Waals surface area contributed by atoms with Crippen LogP contribution in [0.25, 0.3) is 11.0 Å². The van der Waals surface area contributed by atoms with Gasteiger partial charge < -0.3 is 9.88 Å².